The molecule has 2 rings (SSSR count). The van der Waals surface area contributed by atoms with Gasteiger partial charge in [-0.25, -0.2) is 0 Å². The topological polar surface area (TPSA) is 38.5 Å². The first kappa shape index (κ1) is 13.7. The van der Waals surface area contributed by atoms with Crippen molar-refractivity contribution in [3.8, 4) is 0 Å². The molecule has 0 amide bonds. The Balaban J connectivity index is 1.89. The molecule has 18 heavy (non-hydrogen) atoms. The van der Waals surface area contributed by atoms with E-state index < -0.39 is 0 Å². The molecule has 3 nitrogen and oxygen atoms in total. The van der Waals surface area contributed by atoms with E-state index in [0.717, 1.165) is 61.3 Å². The smallest absolute Gasteiger partial charge is 0.0469 e. The number of rotatable bonds is 4. The zero-order valence-electron chi connectivity index (χ0n) is 10.9. The van der Waals surface area contributed by atoms with Crippen molar-refractivity contribution in [2.24, 2.45) is 5.92 Å². The Bertz CT molecular complexity index is 391. The van der Waals surface area contributed by atoms with Gasteiger partial charge in [-0.2, -0.15) is 0 Å². The summed E-state index contributed by atoms with van der Waals surface area (Å²) in [5.41, 5.74) is 7.89. The summed E-state index contributed by atoms with van der Waals surface area (Å²) in [6.07, 6.45) is 2.32. The lowest BCUT2D eigenvalue weighted by atomic mass is 9.99. The van der Waals surface area contributed by atoms with Gasteiger partial charge in [-0.15, -0.1) is 0 Å². The third-order valence-electron chi connectivity index (χ3n) is 3.46. The number of nitrogen functional groups attached to an aromatic ring is 1. The van der Waals surface area contributed by atoms with Gasteiger partial charge in [0.15, 0.2) is 0 Å². The molecule has 0 radical (unpaired) electrons. The van der Waals surface area contributed by atoms with Crippen molar-refractivity contribution >= 4 is 17.3 Å². The molecular weight excluding hydrogens is 248 g/mol. The van der Waals surface area contributed by atoms with Gasteiger partial charge in [0.05, 0.1) is 0 Å². The summed E-state index contributed by atoms with van der Waals surface area (Å²) in [4.78, 5) is 2.32. The minimum atomic E-state index is 0.740. The predicted octanol–water partition coefficient (Wildman–Crippen LogP) is 2.78. The van der Waals surface area contributed by atoms with Crippen LogP contribution in [-0.2, 0) is 11.3 Å². The van der Waals surface area contributed by atoms with Gasteiger partial charge in [-0.05, 0) is 49.6 Å². The summed E-state index contributed by atoms with van der Waals surface area (Å²) in [6.45, 7) is 3.74. The van der Waals surface area contributed by atoms with Crippen LogP contribution >= 0.6 is 11.6 Å². The molecule has 0 saturated carbocycles. The fourth-order valence-electron chi connectivity index (χ4n) is 2.44. The Morgan fingerprint density at radius 2 is 2.11 bits per heavy atom. The molecule has 1 aromatic carbocycles. The Morgan fingerprint density at radius 3 is 2.83 bits per heavy atom. The van der Waals surface area contributed by atoms with Gasteiger partial charge in [-0.3, -0.25) is 0 Å². The normalized spacial score (nSPS) is 17.3. The zero-order chi connectivity index (χ0) is 13.0. The average Bonchev–Trinajstić information content (AvgIpc) is 2.35. The highest BCUT2D eigenvalue weighted by Gasteiger charge is 2.16. The number of nitrogens with zero attached hydrogens (tertiary/aromatic N) is 1. The summed E-state index contributed by atoms with van der Waals surface area (Å²) in [6, 6.07) is 5.66. The van der Waals surface area contributed by atoms with Crippen molar-refractivity contribution in [2.45, 2.75) is 19.4 Å². The molecule has 4 heteroatoms. The van der Waals surface area contributed by atoms with Crippen LogP contribution in [0.3, 0.4) is 0 Å². The fraction of sp³-hybridized carbons (Fsp3) is 0.571. The highest BCUT2D eigenvalue weighted by molar-refractivity contribution is 6.30. The second-order valence-corrected chi connectivity index (χ2v) is 5.53. The lowest BCUT2D eigenvalue weighted by Crippen LogP contribution is -2.29. The van der Waals surface area contributed by atoms with Crippen LogP contribution in [0.25, 0.3) is 0 Å². The Morgan fingerprint density at radius 1 is 1.39 bits per heavy atom. The Labute approximate surface area is 114 Å². The number of anilines is 1. The SMILES string of the molecule is CN(Cc1cc(Cl)ccc1N)CC1CCOCC1. The van der Waals surface area contributed by atoms with Gasteiger partial charge in [0.2, 0.25) is 0 Å². The van der Waals surface area contributed by atoms with Crippen LogP contribution in [-0.4, -0.2) is 31.7 Å². The van der Waals surface area contributed by atoms with E-state index in [2.05, 4.69) is 11.9 Å². The van der Waals surface area contributed by atoms with E-state index in [-0.39, 0.29) is 0 Å². The largest absolute Gasteiger partial charge is 0.398 e. The molecule has 0 unspecified atom stereocenters. The van der Waals surface area contributed by atoms with E-state index in [1.165, 1.54) is 0 Å². The molecule has 1 fully saturated rings. The summed E-state index contributed by atoms with van der Waals surface area (Å²) in [5, 5.41) is 0.749. The van der Waals surface area contributed by atoms with E-state index in [9.17, 15) is 0 Å². The molecule has 1 saturated heterocycles. The number of hydrogen-bond donors (Lipinski definition) is 1. The molecule has 1 aliphatic heterocycles. The molecular formula is C14H21ClN2O. The van der Waals surface area contributed by atoms with Gasteiger partial charge in [0.1, 0.15) is 0 Å². The molecule has 1 heterocycles. The van der Waals surface area contributed by atoms with Crippen molar-refractivity contribution in [3.63, 3.8) is 0 Å². The highest BCUT2D eigenvalue weighted by Crippen LogP contribution is 2.21. The van der Waals surface area contributed by atoms with E-state index in [1.54, 1.807) is 0 Å². The number of benzene rings is 1. The van der Waals surface area contributed by atoms with Crippen molar-refractivity contribution in [1.29, 1.82) is 0 Å². The maximum Gasteiger partial charge on any atom is 0.0469 e. The van der Waals surface area contributed by atoms with Crippen molar-refractivity contribution in [1.82, 2.24) is 4.90 Å². The van der Waals surface area contributed by atoms with Gasteiger partial charge < -0.3 is 15.4 Å². The molecule has 0 aliphatic carbocycles. The third-order valence-corrected chi connectivity index (χ3v) is 3.69. The van der Waals surface area contributed by atoms with E-state index >= 15 is 0 Å². The number of halogens is 1. The van der Waals surface area contributed by atoms with Crippen LogP contribution in [0.5, 0.6) is 0 Å². The summed E-state index contributed by atoms with van der Waals surface area (Å²) < 4.78 is 5.38. The van der Waals surface area contributed by atoms with Crippen LogP contribution in [0.15, 0.2) is 18.2 Å². The second-order valence-electron chi connectivity index (χ2n) is 5.10. The van der Waals surface area contributed by atoms with E-state index in [0.29, 0.717) is 0 Å². The highest BCUT2D eigenvalue weighted by atomic mass is 35.5. The maximum atomic E-state index is 6.00. The van der Waals surface area contributed by atoms with Crippen LogP contribution in [0.2, 0.25) is 5.02 Å². The third kappa shape index (κ3) is 3.87. The van der Waals surface area contributed by atoms with Gasteiger partial charge in [-0.1, -0.05) is 11.6 Å². The minimum Gasteiger partial charge on any atom is -0.398 e. The molecule has 0 spiro atoms. The Kier molecular flexibility index (Phi) is 4.87. The second kappa shape index (κ2) is 6.41. The Hall–Kier alpha value is -0.770. The number of nitrogens with two attached hydrogens (primary N) is 1. The summed E-state index contributed by atoms with van der Waals surface area (Å²) in [5.74, 6) is 0.740. The first-order valence-corrected chi connectivity index (χ1v) is 6.83. The van der Waals surface area contributed by atoms with Gasteiger partial charge in [0.25, 0.3) is 0 Å². The summed E-state index contributed by atoms with van der Waals surface area (Å²) in [7, 11) is 2.13. The average molecular weight is 269 g/mol. The van der Waals surface area contributed by atoms with E-state index in [1.807, 2.05) is 18.2 Å². The van der Waals surface area contributed by atoms with Gasteiger partial charge >= 0.3 is 0 Å². The fourth-order valence-corrected chi connectivity index (χ4v) is 2.63. The van der Waals surface area contributed by atoms with Crippen molar-refractivity contribution in [3.05, 3.63) is 28.8 Å². The quantitative estimate of drug-likeness (QED) is 0.854. The number of ether oxygens (including phenoxy) is 1. The first-order chi connectivity index (χ1) is 8.65. The molecule has 100 valence electrons. The molecule has 0 bridgehead atoms. The molecule has 0 atom stereocenters. The molecule has 2 N–H and O–H groups in total. The predicted molar refractivity (Wildman–Crippen MR) is 75.7 cm³/mol. The van der Waals surface area contributed by atoms with Gasteiger partial charge in [0, 0.05) is 37.0 Å². The van der Waals surface area contributed by atoms with Crippen molar-refractivity contribution in [2.75, 3.05) is 32.5 Å². The molecule has 1 aliphatic rings. The molecule has 0 aromatic heterocycles. The lowest BCUT2D eigenvalue weighted by Gasteiger charge is -2.27. The van der Waals surface area contributed by atoms with Crippen molar-refractivity contribution < 1.29 is 4.74 Å². The van der Waals surface area contributed by atoms with Crippen LogP contribution in [0.1, 0.15) is 18.4 Å². The first-order valence-electron chi connectivity index (χ1n) is 6.45. The maximum absolute atomic E-state index is 6.00. The summed E-state index contributed by atoms with van der Waals surface area (Å²) >= 11 is 6.00. The van der Waals surface area contributed by atoms with E-state index in [4.69, 9.17) is 22.1 Å². The standard InChI is InChI=1S/C14H21ClN2O/c1-17(9-11-4-6-18-7-5-11)10-12-8-13(15)2-3-14(12)16/h2-3,8,11H,4-7,9-10,16H2,1H3. The lowest BCUT2D eigenvalue weighted by molar-refractivity contribution is 0.0550. The zero-order valence-corrected chi connectivity index (χ0v) is 11.6. The molecule has 1 aromatic rings. The minimum absolute atomic E-state index is 0.740. The van der Waals surface area contributed by atoms with Crippen LogP contribution in [0, 0.1) is 5.92 Å². The number of hydrogen-bond acceptors (Lipinski definition) is 3. The monoisotopic (exact) mass is 268 g/mol. The van der Waals surface area contributed by atoms with Crippen LogP contribution < -0.4 is 5.73 Å². The van der Waals surface area contributed by atoms with Crippen LogP contribution in [0.4, 0.5) is 5.69 Å².